The molecular formula is C8H11NOS. The summed E-state index contributed by atoms with van der Waals surface area (Å²) in [5, 5.41) is 1.80. The van der Waals surface area contributed by atoms with Crippen molar-refractivity contribution in [2.24, 2.45) is 5.73 Å². The number of hydrogen-bond donors (Lipinski definition) is 1. The predicted molar refractivity (Wildman–Crippen MR) is 46.9 cm³/mol. The molecule has 0 saturated carbocycles. The fraction of sp³-hybridized carbons (Fsp3) is 0.375. The molecule has 2 N–H and O–H groups in total. The maximum absolute atomic E-state index is 10.7. The summed E-state index contributed by atoms with van der Waals surface area (Å²) >= 11 is 1.59. The van der Waals surface area contributed by atoms with E-state index in [1.165, 1.54) is 4.88 Å². The van der Waals surface area contributed by atoms with Crippen molar-refractivity contribution in [3.63, 3.8) is 0 Å². The van der Waals surface area contributed by atoms with Crippen molar-refractivity contribution >= 4 is 17.2 Å². The van der Waals surface area contributed by atoms with Gasteiger partial charge in [-0.25, -0.2) is 0 Å². The Labute approximate surface area is 70.0 Å². The number of primary amides is 1. The van der Waals surface area contributed by atoms with E-state index in [1.807, 2.05) is 6.07 Å². The van der Waals surface area contributed by atoms with Gasteiger partial charge in [0.05, 0.1) is 5.56 Å². The van der Waals surface area contributed by atoms with Crippen LogP contribution in [0.3, 0.4) is 0 Å². The molecule has 0 radical (unpaired) electrons. The maximum atomic E-state index is 10.7. The lowest BCUT2D eigenvalue weighted by Crippen LogP contribution is -2.09. The Kier molecular flexibility index (Phi) is 2.29. The SMILES string of the molecule is CC(C)c1cc(C(N)=O)cs1. The highest BCUT2D eigenvalue weighted by Crippen LogP contribution is 2.22. The van der Waals surface area contributed by atoms with Gasteiger partial charge in [-0.15, -0.1) is 11.3 Å². The molecule has 60 valence electrons. The fourth-order valence-electron chi connectivity index (χ4n) is 0.785. The van der Waals surface area contributed by atoms with Gasteiger partial charge in [0.25, 0.3) is 0 Å². The molecule has 1 heterocycles. The zero-order chi connectivity index (χ0) is 8.43. The van der Waals surface area contributed by atoms with Crippen molar-refractivity contribution < 1.29 is 4.79 Å². The second-order valence-corrected chi connectivity index (χ2v) is 3.70. The van der Waals surface area contributed by atoms with Crippen molar-refractivity contribution in [1.82, 2.24) is 0 Å². The first kappa shape index (κ1) is 8.27. The summed E-state index contributed by atoms with van der Waals surface area (Å²) in [4.78, 5) is 11.9. The van der Waals surface area contributed by atoms with Gasteiger partial charge in [-0.2, -0.15) is 0 Å². The zero-order valence-corrected chi connectivity index (χ0v) is 7.44. The average Bonchev–Trinajstić information content (AvgIpc) is 2.33. The van der Waals surface area contributed by atoms with Gasteiger partial charge in [0.1, 0.15) is 0 Å². The first-order valence-electron chi connectivity index (χ1n) is 3.49. The van der Waals surface area contributed by atoms with Gasteiger partial charge < -0.3 is 5.73 Å². The minimum Gasteiger partial charge on any atom is -0.366 e. The Morgan fingerprint density at radius 3 is 2.55 bits per heavy atom. The minimum atomic E-state index is -0.340. The number of rotatable bonds is 2. The largest absolute Gasteiger partial charge is 0.366 e. The smallest absolute Gasteiger partial charge is 0.249 e. The summed E-state index contributed by atoms with van der Waals surface area (Å²) < 4.78 is 0. The number of carbonyl (C=O) groups excluding carboxylic acids is 1. The van der Waals surface area contributed by atoms with Gasteiger partial charge in [-0.3, -0.25) is 4.79 Å². The first-order valence-corrected chi connectivity index (χ1v) is 4.37. The molecule has 0 aromatic carbocycles. The van der Waals surface area contributed by atoms with E-state index in [9.17, 15) is 4.79 Å². The predicted octanol–water partition coefficient (Wildman–Crippen LogP) is 1.97. The standard InChI is InChI=1S/C8H11NOS/c1-5(2)7-3-6(4-11-7)8(9)10/h3-5H,1-2H3,(H2,9,10). The zero-order valence-electron chi connectivity index (χ0n) is 6.63. The van der Waals surface area contributed by atoms with E-state index in [0.29, 0.717) is 11.5 Å². The van der Waals surface area contributed by atoms with Crippen molar-refractivity contribution in [3.05, 3.63) is 21.9 Å². The molecule has 0 atom stereocenters. The van der Waals surface area contributed by atoms with Crippen LogP contribution >= 0.6 is 11.3 Å². The average molecular weight is 169 g/mol. The van der Waals surface area contributed by atoms with E-state index in [0.717, 1.165) is 0 Å². The van der Waals surface area contributed by atoms with Gasteiger partial charge in [-0.1, -0.05) is 13.8 Å². The van der Waals surface area contributed by atoms with Crippen LogP contribution in [-0.2, 0) is 0 Å². The van der Waals surface area contributed by atoms with Crippen LogP contribution in [0, 0.1) is 0 Å². The highest BCUT2D eigenvalue weighted by Gasteiger charge is 2.06. The molecule has 0 unspecified atom stereocenters. The molecule has 2 nitrogen and oxygen atoms in total. The Balaban J connectivity index is 2.90. The lowest BCUT2D eigenvalue weighted by Gasteiger charge is -1.96. The molecule has 0 aliphatic rings. The van der Waals surface area contributed by atoms with Crippen molar-refractivity contribution in [3.8, 4) is 0 Å². The monoisotopic (exact) mass is 169 g/mol. The van der Waals surface area contributed by atoms with Crippen molar-refractivity contribution in [2.45, 2.75) is 19.8 Å². The third-order valence-corrected chi connectivity index (χ3v) is 2.71. The van der Waals surface area contributed by atoms with E-state index in [1.54, 1.807) is 16.7 Å². The topological polar surface area (TPSA) is 43.1 Å². The highest BCUT2D eigenvalue weighted by molar-refractivity contribution is 7.10. The first-order chi connectivity index (χ1) is 5.11. The van der Waals surface area contributed by atoms with Crippen molar-refractivity contribution in [2.75, 3.05) is 0 Å². The van der Waals surface area contributed by atoms with Crippen LogP contribution in [0.15, 0.2) is 11.4 Å². The molecule has 0 spiro atoms. The fourth-order valence-corrected chi connectivity index (χ4v) is 1.70. The molecular weight excluding hydrogens is 158 g/mol. The summed E-state index contributed by atoms with van der Waals surface area (Å²) in [6.45, 7) is 4.19. The Morgan fingerprint density at radius 2 is 2.27 bits per heavy atom. The quantitative estimate of drug-likeness (QED) is 0.722. The van der Waals surface area contributed by atoms with E-state index in [-0.39, 0.29) is 5.91 Å². The summed E-state index contributed by atoms with van der Waals surface area (Å²) in [5.41, 5.74) is 5.72. The normalized spacial score (nSPS) is 10.5. The molecule has 0 aliphatic heterocycles. The molecule has 1 aromatic heterocycles. The molecule has 1 rings (SSSR count). The molecule has 0 bridgehead atoms. The molecule has 0 aliphatic carbocycles. The molecule has 11 heavy (non-hydrogen) atoms. The lowest BCUT2D eigenvalue weighted by molar-refractivity contribution is 0.100. The minimum absolute atomic E-state index is 0.340. The van der Waals surface area contributed by atoms with Gasteiger partial charge >= 0.3 is 0 Å². The summed E-state index contributed by atoms with van der Waals surface area (Å²) in [7, 11) is 0. The number of hydrogen-bond acceptors (Lipinski definition) is 2. The molecule has 1 aromatic rings. The van der Waals surface area contributed by atoms with Crippen LogP contribution in [0.1, 0.15) is 35.0 Å². The van der Waals surface area contributed by atoms with Crippen LogP contribution in [0.4, 0.5) is 0 Å². The van der Waals surface area contributed by atoms with Crippen LogP contribution < -0.4 is 5.73 Å². The number of nitrogens with two attached hydrogens (primary N) is 1. The van der Waals surface area contributed by atoms with Gasteiger partial charge in [0, 0.05) is 10.3 Å². The Bertz CT molecular complexity index is 265. The van der Waals surface area contributed by atoms with Gasteiger partial charge in [-0.05, 0) is 12.0 Å². The summed E-state index contributed by atoms with van der Waals surface area (Å²) in [6.07, 6.45) is 0. The summed E-state index contributed by atoms with van der Waals surface area (Å²) in [5.74, 6) is 0.140. The maximum Gasteiger partial charge on any atom is 0.249 e. The van der Waals surface area contributed by atoms with E-state index in [2.05, 4.69) is 13.8 Å². The van der Waals surface area contributed by atoms with Gasteiger partial charge in [0.15, 0.2) is 0 Å². The van der Waals surface area contributed by atoms with Crippen LogP contribution in [0.2, 0.25) is 0 Å². The second-order valence-electron chi connectivity index (χ2n) is 2.76. The van der Waals surface area contributed by atoms with Crippen LogP contribution in [0.5, 0.6) is 0 Å². The summed E-state index contributed by atoms with van der Waals surface area (Å²) in [6, 6.07) is 1.86. The number of amides is 1. The molecule has 1 amide bonds. The van der Waals surface area contributed by atoms with E-state index >= 15 is 0 Å². The Morgan fingerprint density at radius 1 is 1.64 bits per heavy atom. The lowest BCUT2D eigenvalue weighted by atomic mass is 10.1. The second kappa shape index (κ2) is 3.05. The van der Waals surface area contributed by atoms with Crippen LogP contribution in [-0.4, -0.2) is 5.91 Å². The van der Waals surface area contributed by atoms with Crippen LogP contribution in [0.25, 0.3) is 0 Å². The number of carbonyl (C=O) groups is 1. The molecule has 0 fully saturated rings. The third kappa shape index (κ3) is 1.80. The molecule has 3 heteroatoms. The Hall–Kier alpha value is -0.830. The third-order valence-electron chi connectivity index (χ3n) is 1.47. The highest BCUT2D eigenvalue weighted by atomic mass is 32.1. The van der Waals surface area contributed by atoms with E-state index < -0.39 is 0 Å². The van der Waals surface area contributed by atoms with E-state index in [4.69, 9.17) is 5.73 Å². The molecule has 0 saturated heterocycles. The number of thiophene rings is 1. The van der Waals surface area contributed by atoms with Gasteiger partial charge in [0.2, 0.25) is 5.91 Å². The van der Waals surface area contributed by atoms with Crippen molar-refractivity contribution in [1.29, 1.82) is 0 Å².